The summed E-state index contributed by atoms with van der Waals surface area (Å²) in [6, 6.07) is 6.17. The fraction of sp³-hybridized carbons (Fsp3) is 0.333. The molecule has 0 radical (unpaired) electrons. The first-order valence-corrected chi connectivity index (χ1v) is 11.7. The van der Waals surface area contributed by atoms with E-state index in [9.17, 15) is 9.00 Å². The quantitative estimate of drug-likeness (QED) is 0.594. The van der Waals surface area contributed by atoms with Crippen LogP contribution < -0.4 is 19.9 Å². The van der Waals surface area contributed by atoms with E-state index in [-0.39, 0.29) is 22.0 Å². The first-order valence-electron chi connectivity index (χ1n) is 10.1. The molecule has 0 aromatic carbocycles. The van der Waals surface area contributed by atoms with Gasteiger partial charge in [0, 0.05) is 28.9 Å². The fourth-order valence-corrected chi connectivity index (χ4v) is 4.40. The Kier molecular flexibility index (Phi) is 5.80. The summed E-state index contributed by atoms with van der Waals surface area (Å²) in [6.45, 7) is 6.81. The molecule has 0 saturated heterocycles. The molecule has 1 atom stereocenters. The van der Waals surface area contributed by atoms with Crippen molar-refractivity contribution in [2.45, 2.75) is 32.2 Å². The van der Waals surface area contributed by atoms with Crippen molar-refractivity contribution in [3.8, 4) is 22.9 Å². The van der Waals surface area contributed by atoms with Gasteiger partial charge in [-0.25, -0.2) is 28.8 Å². The van der Waals surface area contributed by atoms with Crippen LogP contribution >= 0.6 is 0 Å². The topological polar surface area (TPSA) is 147 Å². The van der Waals surface area contributed by atoms with Gasteiger partial charge >= 0.3 is 6.03 Å². The molecular weight excluding hydrogens is 446 g/mol. The van der Waals surface area contributed by atoms with Crippen molar-refractivity contribution in [1.82, 2.24) is 19.7 Å². The summed E-state index contributed by atoms with van der Waals surface area (Å²) in [4.78, 5) is 21.3. The van der Waals surface area contributed by atoms with E-state index < -0.39 is 15.9 Å². The molecule has 0 spiro atoms. The maximum absolute atomic E-state index is 13.2. The first kappa shape index (κ1) is 22.7. The maximum Gasteiger partial charge on any atom is 0.356 e. The van der Waals surface area contributed by atoms with E-state index >= 15 is 0 Å². The Morgan fingerprint density at radius 2 is 2.15 bits per heavy atom. The van der Waals surface area contributed by atoms with Gasteiger partial charge in [-0.2, -0.15) is 5.10 Å². The van der Waals surface area contributed by atoms with Crippen LogP contribution in [0.5, 0.6) is 11.8 Å². The Balaban J connectivity index is 1.65. The number of fused-ring (bicyclic) bond motifs is 1. The third kappa shape index (κ3) is 4.81. The second-order valence-electron chi connectivity index (χ2n) is 8.45. The van der Waals surface area contributed by atoms with Gasteiger partial charge in [0.05, 0.1) is 26.5 Å². The molecule has 1 aliphatic rings. The van der Waals surface area contributed by atoms with Crippen LogP contribution in [0.15, 0.2) is 45.9 Å². The Bertz CT molecular complexity index is 1340. The molecule has 33 heavy (non-hydrogen) atoms. The van der Waals surface area contributed by atoms with Crippen LogP contribution in [-0.2, 0) is 16.5 Å². The molecule has 174 valence electrons. The summed E-state index contributed by atoms with van der Waals surface area (Å²) < 4.78 is 29.4. The number of aromatic nitrogens is 4. The molecule has 0 fully saturated rings. The smallest absolute Gasteiger partial charge is 0.356 e. The fourth-order valence-electron chi connectivity index (χ4n) is 3.40. The van der Waals surface area contributed by atoms with Crippen LogP contribution in [0.4, 0.5) is 10.6 Å². The number of nitrogens with zero attached hydrogens (tertiary/aromatic N) is 5. The van der Waals surface area contributed by atoms with Gasteiger partial charge in [0.2, 0.25) is 11.8 Å². The number of ether oxygens (including phenoxy) is 2. The lowest BCUT2D eigenvalue weighted by atomic mass is 9.94. The molecule has 3 aromatic rings. The Labute approximate surface area is 191 Å². The van der Waals surface area contributed by atoms with Crippen LogP contribution in [0.2, 0.25) is 0 Å². The van der Waals surface area contributed by atoms with E-state index in [1.54, 1.807) is 42.1 Å². The lowest BCUT2D eigenvalue weighted by Gasteiger charge is -2.30. The van der Waals surface area contributed by atoms with Gasteiger partial charge in [-0.15, -0.1) is 4.36 Å². The third-order valence-corrected chi connectivity index (χ3v) is 6.33. The summed E-state index contributed by atoms with van der Waals surface area (Å²) in [7, 11) is -2.10. The molecular formula is C21H25N7O4S. The van der Waals surface area contributed by atoms with Gasteiger partial charge in [0.25, 0.3) is 0 Å². The van der Waals surface area contributed by atoms with Gasteiger partial charge in [-0.05, 0) is 30.7 Å². The number of anilines is 1. The molecule has 2 amide bonds. The monoisotopic (exact) mass is 471 g/mol. The van der Waals surface area contributed by atoms with Crippen molar-refractivity contribution in [3.05, 3.63) is 42.4 Å². The highest BCUT2D eigenvalue weighted by atomic mass is 32.2. The molecule has 4 rings (SSSR count). The molecule has 0 bridgehead atoms. The molecule has 11 nitrogen and oxygen atoms in total. The van der Waals surface area contributed by atoms with E-state index in [2.05, 4.69) is 24.7 Å². The van der Waals surface area contributed by atoms with E-state index in [0.29, 0.717) is 30.3 Å². The normalized spacial score (nSPS) is 16.2. The predicted octanol–water partition coefficient (Wildman–Crippen LogP) is 3.01. The van der Waals surface area contributed by atoms with Crippen LogP contribution in [0.3, 0.4) is 0 Å². The zero-order valence-electron chi connectivity index (χ0n) is 18.7. The third-order valence-electron chi connectivity index (χ3n) is 4.99. The van der Waals surface area contributed by atoms with Gasteiger partial charge < -0.3 is 9.47 Å². The number of aryl methyl sites for hydroxylation is 1. The number of pyridine rings is 2. The van der Waals surface area contributed by atoms with Crippen molar-refractivity contribution in [2.24, 2.45) is 14.9 Å². The minimum absolute atomic E-state index is 0.0736. The van der Waals surface area contributed by atoms with Crippen molar-refractivity contribution < 1.29 is 18.5 Å². The summed E-state index contributed by atoms with van der Waals surface area (Å²) >= 11 is 0. The number of carbonyl (C=O) groups is 1. The van der Waals surface area contributed by atoms with Crippen LogP contribution in [0.1, 0.15) is 19.5 Å². The summed E-state index contributed by atoms with van der Waals surface area (Å²) in [6.07, 6.45) is 2.91. The highest BCUT2D eigenvalue weighted by Crippen LogP contribution is 2.33. The molecule has 0 aliphatic carbocycles. The minimum Gasteiger partial charge on any atom is -0.481 e. The molecule has 4 heterocycles. The zero-order valence-corrected chi connectivity index (χ0v) is 19.5. The molecule has 3 N–H and O–H groups in total. The van der Waals surface area contributed by atoms with Gasteiger partial charge in [0.1, 0.15) is 10.7 Å². The number of hydrogen-bond donors (Lipinski definition) is 2. The van der Waals surface area contributed by atoms with Crippen molar-refractivity contribution in [3.63, 3.8) is 0 Å². The second-order valence-corrected chi connectivity index (χ2v) is 10.2. The minimum atomic E-state index is -3.62. The summed E-state index contributed by atoms with van der Waals surface area (Å²) in [5.41, 5.74) is 1.87. The Morgan fingerprint density at radius 1 is 1.36 bits per heavy atom. The van der Waals surface area contributed by atoms with Crippen LogP contribution in [0.25, 0.3) is 11.1 Å². The average molecular weight is 472 g/mol. The summed E-state index contributed by atoms with van der Waals surface area (Å²) in [5, 5.41) is 12.8. The average Bonchev–Trinajstić information content (AvgIpc) is 3.16. The molecule has 12 heteroatoms. The van der Waals surface area contributed by atoms with Gasteiger partial charge in [-0.3, -0.25) is 5.32 Å². The first-order chi connectivity index (χ1) is 15.6. The SMILES string of the molecule is COc1cc(-c2ccc(C)nc2NC(=O)N=S(N)(=O)c2cnn3c2OCC(C)(C)C3)ccn1. The maximum atomic E-state index is 13.2. The lowest BCUT2D eigenvalue weighted by Crippen LogP contribution is -2.33. The number of nitrogens with one attached hydrogen (secondary N) is 1. The zero-order chi connectivity index (χ0) is 23.8. The van der Waals surface area contributed by atoms with Gasteiger partial charge in [-0.1, -0.05) is 13.8 Å². The molecule has 1 aliphatic heterocycles. The van der Waals surface area contributed by atoms with Crippen molar-refractivity contribution in [1.29, 1.82) is 0 Å². The number of rotatable bonds is 4. The molecule has 3 aromatic heterocycles. The largest absolute Gasteiger partial charge is 0.481 e. The van der Waals surface area contributed by atoms with Crippen LogP contribution in [-0.4, -0.2) is 43.7 Å². The highest BCUT2D eigenvalue weighted by Gasteiger charge is 2.32. The Hall–Kier alpha value is -3.51. The van der Waals surface area contributed by atoms with E-state index in [0.717, 1.165) is 5.56 Å². The lowest BCUT2D eigenvalue weighted by molar-refractivity contribution is 0.0972. The number of carbonyl (C=O) groups excluding carboxylic acids is 1. The van der Waals surface area contributed by atoms with Crippen LogP contribution in [0, 0.1) is 12.3 Å². The van der Waals surface area contributed by atoms with Crippen molar-refractivity contribution in [2.75, 3.05) is 19.0 Å². The molecule has 0 saturated carbocycles. The summed E-state index contributed by atoms with van der Waals surface area (Å²) in [5.74, 6) is 0.910. The standard InChI is InChI=1S/C21H25N7O4S/c1-13-5-6-15(14-7-8-23-17(9-14)31-4)18(25-13)26-20(29)27-33(22,30)16-10-24-28-11-21(2,3)12-32-19(16)28/h5-10H,11-12H2,1-4H3,(H3,22,25,26,27,29,30). The molecule has 1 unspecified atom stereocenters. The number of hydrogen-bond acceptors (Lipinski definition) is 7. The van der Waals surface area contributed by atoms with E-state index in [1.165, 1.54) is 13.3 Å². The Morgan fingerprint density at radius 3 is 2.91 bits per heavy atom. The van der Waals surface area contributed by atoms with E-state index in [1.807, 2.05) is 13.8 Å². The second kappa shape index (κ2) is 8.45. The number of urea groups is 1. The van der Waals surface area contributed by atoms with Gasteiger partial charge in [0.15, 0.2) is 9.92 Å². The predicted molar refractivity (Wildman–Crippen MR) is 122 cm³/mol. The highest BCUT2D eigenvalue weighted by molar-refractivity contribution is 7.91. The number of amides is 2. The van der Waals surface area contributed by atoms with Crippen molar-refractivity contribution >= 4 is 21.8 Å². The number of methoxy groups -OCH3 is 1. The number of nitrogens with two attached hydrogens (primary N) is 1. The van der Waals surface area contributed by atoms with E-state index in [4.69, 9.17) is 14.6 Å².